The third-order valence-electron chi connectivity index (χ3n) is 2.63. The molecule has 17 heavy (non-hydrogen) atoms. The second kappa shape index (κ2) is 4.46. The zero-order chi connectivity index (χ0) is 12.5. The van der Waals surface area contributed by atoms with Gasteiger partial charge < -0.3 is 10.4 Å². The summed E-state index contributed by atoms with van der Waals surface area (Å²) in [6, 6.07) is 4.61. The van der Waals surface area contributed by atoms with E-state index in [1.54, 1.807) is 6.07 Å². The van der Waals surface area contributed by atoms with Gasteiger partial charge in [0.15, 0.2) is 9.84 Å². The van der Waals surface area contributed by atoms with Crippen LogP contribution in [0.4, 0.5) is 5.69 Å². The van der Waals surface area contributed by atoms with Crippen LogP contribution in [0.25, 0.3) is 0 Å². The van der Waals surface area contributed by atoms with Crippen molar-refractivity contribution in [2.45, 2.75) is 17.7 Å². The first kappa shape index (κ1) is 12.1. The number of anilines is 1. The Morgan fingerprint density at radius 3 is 2.82 bits per heavy atom. The number of hydrogen-bond acceptors (Lipinski definition) is 4. The van der Waals surface area contributed by atoms with Gasteiger partial charge in [-0.25, -0.2) is 8.42 Å². The fraction of sp³-hybridized carbons (Fsp3) is 0.364. The molecule has 1 aliphatic rings. The number of aliphatic hydroxyl groups excluding tert-OH is 1. The van der Waals surface area contributed by atoms with Gasteiger partial charge in [0, 0.05) is 12.3 Å². The fourth-order valence-electron chi connectivity index (χ4n) is 1.77. The molecule has 6 heteroatoms. The van der Waals surface area contributed by atoms with Crippen molar-refractivity contribution in [2.24, 2.45) is 0 Å². The first-order chi connectivity index (χ1) is 8.03. The Kier molecular flexibility index (Phi) is 3.17. The summed E-state index contributed by atoms with van der Waals surface area (Å²) in [6.07, 6.45) is 0.440. The molecule has 0 atom stereocenters. The number of amides is 1. The van der Waals surface area contributed by atoms with Gasteiger partial charge in [-0.2, -0.15) is 0 Å². The number of sulfone groups is 1. The zero-order valence-electron chi connectivity index (χ0n) is 9.14. The van der Waals surface area contributed by atoms with Gasteiger partial charge in [0.2, 0.25) is 5.91 Å². The first-order valence-corrected chi connectivity index (χ1v) is 6.94. The minimum absolute atomic E-state index is 0.0797. The molecular formula is C11H13NO4S. The SMILES string of the molecule is O=C1Cc2cc(S(=O)(=O)CCCO)ccc2N1. The van der Waals surface area contributed by atoms with E-state index in [-0.39, 0.29) is 36.0 Å². The summed E-state index contributed by atoms with van der Waals surface area (Å²) in [5.74, 6) is -0.200. The van der Waals surface area contributed by atoms with Crippen molar-refractivity contribution in [1.82, 2.24) is 0 Å². The largest absolute Gasteiger partial charge is 0.396 e. The van der Waals surface area contributed by atoms with Gasteiger partial charge in [-0.1, -0.05) is 0 Å². The number of carbonyl (C=O) groups is 1. The van der Waals surface area contributed by atoms with E-state index in [0.29, 0.717) is 11.3 Å². The molecule has 0 bridgehead atoms. The molecule has 0 aliphatic carbocycles. The summed E-state index contributed by atoms with van der Waals surface area (Å²) in [5.41, 5.74) is 1.39. The summed E-state index contributed by atoms with van der Waals surface area (Å²) >= 11 is 0. The molecule has 92 valence electrons. The van der Waals surface area contributed by atoms with Crippen molar-refractivity contribution in [3.63, 3.8) is 0 Å². The van der Waals surface area contributed by atoms with E-state index in [1.807, 2.05) is 0 Å². The minimum Gasteiger partial charge on any atom is -0.396 e. The normalized spacial score (nSPS) is 14.5. The number of hydrogen-bond donors (Lipinski definition) is 2. The molecule has 0 spiro atoms. The maximum absolute atomic E-state index is 11.9. The number of rotatable bonds is 4. The van der Waals surface area contributed by atoms with Gasteiger partial charge in [-0.3, -0.25) is 4.79 Å². The van der Waals surface area contributed by atoms with Crippen molar-refractivity contribution in [3.8, 4) is 0 Å². The lowest BCUT2D eigenvalue weighted by atomic mass is 10.2. The highest BCUT2D eigenvalue weighted by Crippen LogP contribution is 2.26. The molecule has 1 amide bonds. The van der Waals surface area contributed by atoms with E-state index >= 15 is 0 Å². The topological polar surface area (TPSA) is 83.5 Å². The molecule has 0 radical (unpaired) electrons. The average molecular weight is 255 g/mol. The summed E-state index contributed by atoms with van der Waals surface area (Å²) in [6.45, 7) is -0.149. The van der Waals surface area contributed by atoms with Crippen LogP contribution in [0.15, 0.2) is 23.1 Å². The number of benzene rings is 1. The maximum atomic E-state index is 11.9. The van der Waals surface area contributed by atoms with E-state index < -0.39 is 9.84 Å². The molecule has 1 aromatic carbocycles. The quantitative estimate of drug-likeness (QED) is 0.812. The van der Waals surface area contributed by atoms with Crippen molar-refractivity contribution in [1.29, 1.82) is 0 Å². The molecule has 0 unspecified atom stereocenters. The molecule has 2 N–H and O–H groups in total. The molecule has 0 saturated heterocycles. The standard InChI is InChI=1S/C11H13NO4S/c13-4-1-5-17(15,16)9-2-3-10-8(6-9)7-11(14)12-10/h2-3,6,13H,1,4-5,7H2,(H,12,14). The Morgan fingerprint density at radius 1 is 1.35 bits per heavy atom. The van der Waals surface area contributed by atoms with E-state index in [9.17, 15) is 13.2 Å². The minimum atomic E-state index is -3.36. The van der Waals surface area contributed by atoms with Crippen LogP contribution >= 0.6 is 0 Å². The van der Waals surface area contributed by atoms with Crippen LogP contribution in [0.1, 0.15) is 12.0 Å². The van der Waals surface area contributed by atoms with Crippen LogP contribution in [-0.2, 0) is 21.1 Å². The Labute approximate surface area is 99.4 Å². The summed E-state index contributed by atoms with van der Waals surface area (Å²) < 4.78 is 23.7. The smallest absolute Gasteiger partial charge is 0.228 e. The highest BCUT2D eigenvalue weighted by molar-refractivity contribution is 7.91. The highest BCUT2D eigenvalue weighted by Gasteiger charge is 2.21. The molecule has 2 rings (SSSR count). The zero-order valence-corrected chi connectivity index (χ0v) is 9.96. The summed E-state index contributed by atoms with van der Waals surface area (Å²) in [5, 5.41) is 11.3. The highest BCUT2D eigenvalue weighted by atomic mass is 32.2. The van der Waals surface area contributed by atoms with E-state index in [1.165, 1.54) is 12.1 Å². The second-order valence-electron chi connectivity index (χ2n) is 3.94. The van der Waals surface area contributed by atoms with Crippen LogP contribution in [0, 0.1) is 0 Å². The molecule has 5 nitrogen and oxygen atoms in total. The third-order valence-corrected chi connectivity index (χ3v) is 4.43. The van der Waals surface area contributed by atoms with E-state index in [2.05, 4.69) is 5.32 Å². The van der Waals surface area contributed by atoms with Gasteiger partial charge in [0.1, 0.15) is 0 Å². The first-order valence-electron chi connectivity index (χ1n) is 5.29. The second-order valence-corrected chi connectivity index (χ2v) is 6.05. The van der Waals surface area contributed by atoms with Gasteiger partial charge in [0.05, 0.1) is 17.1 Å². The van der Waals surface area contributed by atoms with Crippen LogP contribution < -0.4 is 5.32 Å². The Morgan fingerprint density at radius 2 is 2.12 bits per heavy atom. The van der Waals surface area contributed by atoms with Gasteiger partial charge in [-0.05, 0) is 30.2 Å². The number of fused-ring (bicyclic) bond motifs is 1. The Hall–Kier alpha value is -1.40. The average Bonchev–Trinajstić information content (AvgIpc) is 2.65. The molecular weight excluding hydrogens is 242 g/mol. The molecule has 0 saturated carbocycles. The predicted molar refractivity (Wildman–Crippen MR) is 62.5 cm³/mol. The number of aliphatic hydroxyl groups is 1. The summed E-state index contributed by atoms with van der Waals surface area (Å²) in [7, 11) is -3.36. The van der Waals surface area contributed by atoms with Crippen LogP contribution in [0.2, 0.25) is 0 Å². The predicted octanol–water partition coefficient (Wildman–Crippen LogP) is 0.337. The summed E-state index contributed by atoms with van der Waals surface area (Å²) in [4.78, 5) is 11.3. The number of nitrogens with one attached hydrogen (secondary N) is 1. The lowest BCUT2D eigenvalue weighted by Crippen LogP contribution is -2.08. The third kappa shape index (κ3) is 2.48. The number of carbonyl (C=O) groups excluding carboxylic acids is 1. The molecule has 1 aromatic rings. The van der Waals surface area contributed by atoms with Crippen molar-refractivity contribution < 1.29 is 18.3 Å². The molecule has 0 aromatic heterocycles. The maximum Gasteiger partial charge on any atom is 0.228 e. The molecule has 1 heterocycles. The van der Waals surface area contributed by atoms with Gasteiger partial charge in [-0.15, -0.1) is 0 Å². The Bertz CT molecular complexity index is 551. The van der Waals surface area contributed by atoms with Crippen LogP contribution in [0.5, 0.6) is 0 Å². The van der Waals surface area contributed by atoms with Crippen molar-refractivity contribution >= 4 is 21.4 Å². The van der Waals surface area contributed by atoms with E-state index in [4.69, 9.17) is 5.11 Å². The monoisotopic (exact) mass is 255 g/mol. The molecule has 1 aliphatic heterocycles. The lowest BCUT2D eigenvalue weighted by Gasteiger charge is -2.05. The van der Waals surface area contributed by atoms with Crippen LogP contribution in [0.3, 0.4) is 0 Å². The van der Waals surface area contributed by atoms with E-state index in [0.717, 1.165) is 0 Å². The van der Waals surface area contributed by atoms with Gasteiger partial charge in [0.25, 0.3) is 0 Å². The Balaban J connectivity index is 2.30. The fourth-order valence-corrected chi connectivity index (χ4v) is 3.11. The van der Waals surface area contributed by atoms with Crippen molar-refractivity contribution in [2.75, 3.05) is 17.7 Å². The van der Waals surface area contributed by atoms with Gasteiger partial charge >= 0.3 is 0 Å². The lowest BCUT2D eigenvalue weighted by molar-refractivity contribution is -0.115. The van der Waals surface area contributed by atoms with Crippen molar-refractivity contribution in [3.05, 3.63) is 23.8 Å². The molecule has 0 fully saturated rings. The van der Waals surface area contributed by atoms with Crippen LogP contribution in [-0.4, -0.2) is 31.8 Å².